The number of hydrogen-bond acceptors (Lipinski definition) is 6. The molecule has 222 valence electrons. The predicted octanol–water partition coefficient (Wildman–Crippen LogP) is 5.10. The van der Waals surface area contributed by atoms with Gasteiger partial charge in [-0.2, -0.15) is 0 Å². The highest BCUT2D eigenvalue weighted by atomic mass is 19.1. The lowest BCUT2D eigenvalue weighted by molar-refractivity contribution is -0.122. The van der Waals surface area contributed by atoms with Crippen LogP contribution < -0.4 is 10.1 Å². The first-order valence-corrected chi connectivity index (χ1v) is 14.4. The van der Waals surface area contributed by atoms with E-state index >= 15 is 0 Å². The lowest BCUT2D eigenvalue weighted by atomic mass is 9.98. The van der Waals surface area contributed by atoms with E-state index in [0.29, 0.717) is 18.6 Å². The minimum atomic E-state index is -0.843. The van der Waals surface area contributed by atoms with Crippen molar-refractivity contribution in [2.45, 2.75) is 44.8 Å². The molecule has 0 radical (unpaired) electrons. The molecule has 2 fully saturated rings. The van der Waals surface area contributed by atoms with Crippen LogP contribution in [-0.4, -0.2) is 54.8 Å². The first-order valence-electron chi connectivity index (χ1n) is 14.4. The van der Waals surface area contributed by atoms with Crippen LogP contribution in [-0.2, 0) is 22.6 Å². The van der Waals surface area contributed by atoms with Crippen molar-refractivity contribution in [2.75, 3.05) is 26.9 Å². The van der Waals surface area contributed by atoms with Crippen molar-refractivity contribution in [3.05, 3.63) is 89.0 Å². The van der Waals surface area contributed by atoms with Gasteiger partial charge in [0.05, 0.1) is 20.3 Å². The maximum Gasteiger partial charge on any atom is 0.341 e. The average Bonchev–Trinajstić information content (AvgIpc) is 3.79. The maximum absolute atomic E-state index is 14.9. The number of nitrogens with one attached hydrogen (secondary N) is 1. The van der Waals surface area contributed by atoms with Crippen LogP contribution in [0.1, 0.15) is 47.2 Å². The third kappa shape index (κ3) is 6.97. The van der Waals surface area contributed by atoms with Crippen molar-refractivity contribution in [3.63, 3.8) is 0 Å². The van der Waals surface area contributed by atoms with Crippen molar-refractivity contribution >= 4 is 11.9 Å². The summed E-state index contributed by atoms with van der Waals surface area (Å²) in [6.45, 7) is 2.43. The number of rotatable bonds is 11. The molecule has 2 N–H and O–H groups in total. The number of aliphatic hydroxyl groups is 1. The Morgan fingerprint density at radius 2 is 1.86 bits per heavy atom. The number of benzene rings is 3. The molecule has 3 atom stereocenters. The number of esters is 1. The highest BCUT2D eigenvalue weighted by molar-refractivity contribution is 5.97. The van der Waals surface area contributed by atoms with E-state index in [1.165, 1.54) is 29.8 Å². The Hall–Kier alpha value is -3.82. The Labute approximate surface area is 244 Å². The van der Waals surface area contributed by atoms with E-state index in [9.17, 15) is 23.5 Å². The average molecular weight is 579 g/mol. The number of aliphatic hydroxyl groups excluding tert-OH is 1. The summed E-state index contributed by atoms with van der Waals surface area (Å²) in [4.78, 5) is 27.1. The minimum absolute atomic E-state index is 0.0116. The molecule has 1 heterocycles. The summed E-state index contributed by atoms with van der Waals surface area (Å²) in [6.07, 6.45) is 4.06. The predicted molar refractivity (Wildman–Crippen MR) is 154 cm³/mol. The molecule has 3 aromatic carbocycles. The zero-order chi connectivity index (χ0) is 29.6. The highest BCUT2D eigenvalue weighted by Crippen LogP contribution is 2.39. The summed E-state index contributed by atoms with van der Waals surface area (Å²) >= 11 is 0. The van der Waals surface area contributed by atoms with Gasteiger partial charge in [0.1, 0.15) is 22.9 Å². The van der Waals surface area contributed by atoms with Gasteiger partial charge < -0.3 is 19.9 Å². The summed E-state index contributed by atoms with van der Waals surface area (Å²) in [7, 11) is 1.16. The SMILES string of the molecule is COC(=O)c1c(F)cccc1-c1ccc(CNC(=O)C2CC2COc2ccc(CN3CCCCC3CO)cc2)c(F)c1. The first kappa shape index (κ1) is 29.7. The third-order valence-electron chi connectivity index (χ3n) is 8.21. The Kier molecular flexibility index (Phi) is 9.49. The van der Waals surface area contributed by atoms with E-state index in [0.717, 1.165) is 51.3 Å². The molecule has 2 aliphatic rings. The number of likely N-dealkylation sites (tertiary alicyclic amines) is 1. The Balaban J connectivity index is 1.09. The molecular weight excluding hydrogens is 542 g/mol. The van der Waals surface area contributed by atoms with E-state index in [1.54, 1.807) is 6.07 Å². The molecule has 1 amide bonds. The second-order valence-electron chi connectivity index (χ2n) is 11.0. The quantitative estimate of drug-likeness (QED) is 0.308. The molecule has 1 aliphatic heterocycles. The Bertz CT molecular complexity index is 1410. The minimum Gasteiger partial charge on any atom is -0.493 e. The van der Waals surface area contributed by atoms with Crippen LogP contribution in [0.3, 0.4) is 0 Å². The van der Waals surface area contributed by atoms with Gasteiger partial charge in [0.25, 0.3) is 0 Å². The molecule has 3 unspecified atom stereocenters. The van der Waals surface area contributed by atoms with Crippen LogP contribution in [0.5, 0.6) is 5.75 Å². The fourth-order valence-corrected chi connectivity index (χ4v) is 5.60. The molecule has 42 heavy (non-hydrogen) atoms. The van der Waals surface area contributed by atoms with Gasteiger partial charge in [0, 0.05) is 36.5 Å². The topological polar surface area (TPSA) is 88.1 Å². The number of amides is 1. The maximum atomic E-state index is 14.9. The summed E-state index contributed by atoms with van der Waals surface area (Å²) in [5.74, 6) is -1.65. The zero-order valence-corrected chi connectivity index (χ0v) is 23.7. The van der Waals surface area contributed by atoms with Crippen molar-refractivity contribution in [3.8, 4) is 16.9 Å². The largest absolute Gasteiger partial charge is 0.493 e. The molecule has 7 nitrogen and oxygen atoms in total. The van der Waals surface area contributed by atoms with Crippen molar-refractivity contribution in [1.82, 2.24) is 10.2 Å². The van der Waals surface area contributed by atoms with E-state index in [-0.39, 0.29) is 53.6 Å². The first-order chi connectivity index (χ1) is 20.4. The molecule has 0 bridgehead atoms. The van der Waals surface area contributed by atoms with Crippen LogP contribution in [0.15, 0.2) is 60.7 Å². The van der Waals surface area contributed by atoms with Crippen LogP contribution in [0.2, 0.25) is 0 Å². The fourth-order valence-electron chi connectivity index (χ4n) is 5.60. The van der Waals surface area contributed by atoms with Crippen LogP contribution in [0, 0.1) is 23.5 Å². The Morgan fingerprint density at radius 3 is 2.60 bits per heavy atom. The normalized spacial score (nSPS) is 20.1. The molecule has 1 saturated carbocycles. The number of nitrogens with zero attached hydrogens (tertiary/aromatic N) is 1. The summed E-state index contributed by atoms with van der Waals surface area (Å²) in [6, 6.07) is 16.6. The summed E-state index contributed by atoms with van der Waals surface area (Å²) in [5.41, 5.74) is 1.75. The standard InChI is InChI=1S/C33H36F2N2O5/c1-41-33(40)31-27(6-4-7-29(31)34)22-10-11-23(30(35)16-22)17-36-32(39)28-15-24(28)20-42-26-12-8-21(9-13-26)18-37-14-3-2-5-25(37)19-38/h4,6-13,16,24-25,28,38H,2-3,5,14-15,17-20H2,1H3,(H,36,39). The van der Waals surface area contributed by atoms with E-state index in [2.05, 4.69) is 15.0 Å². The number of hydrogen-bond donors (Lipinski definition) is 2. The fraction of sp³-hybridized carbons (Fsp3) is 0.394. The number of carbonyl (C=O) groups is 2. The van der Waals surface area contributed by atoms with Gasteiger partial charge >= 0.3 is 5.97 Å². The molecule has 5 rings (SSSR count). The van der Waals surface area contributed by atoms with E-state index in [4.69, 9.17) is 4.74 Å². The molecular formula is C33H36F2N2O5. The molecule has 9 heteroatoms. The second-order valence-corrected chi connectivity index (χ2v) is 11.0. The Morgan fingerprint density at radius 1 is 1.05 bits per heavy atom. The third-order valence-corrected chi connectivity index (χ3v) is 8.21. The number of methoxy groups -OCH3 is 1. The second kappa shape index (κ2) is 13.4. The summed E-state index contributed by atoms with van der Waals surface area (Å²) in [5, 5.41) is 12.4. The van der Waals surface area contributed by atoms with Gasteiger partial charge in [-0.25, -0.2) is 13.6 Å². The highest BCUT2D eigenvalue weighted by Gasteiger charge is 2.43. The lowest BCUT2D eigenvalue weighted by Gasteiger charge is -2.34. The van der Waals surface area contributed by atoms with Gasteiger partial charge in [0.15, 0.2) is 0 Å². The van der Waals surface area contributed by atoms with Crippen LogP contribution in [0.4, 0.5) is 8.78 Å². The number of halogens is 2. The van der Waals surface area contributed by atoms with Gasteiger partial charge in [0.2, 0.25) is 5.91 Å². The van der Waals surface area contributed by atoms with Crippen molar-refractivity contribution < 1.29 is 33.0 Å². The molecule has 0 aromatic heterocycles. The van der Waals surface area contributed by atoms with Gasteiger partial charge in [-0.3, -0.25) is 9.69 Å². The number of ether oxygens (including phenoxy) is 2. The van der Waals surface area contributed by atoms with Gasteiger partial charge in [-0.15, -0.1) is 0 Å². The van der Waals surface area contributed by atoms with E-state index in [1.807, 2.05) is 24.3 Å². The molecule has 1 aliphatic carbocycles. The van der Waals surface area contributed by atoms with Gasteiger partial charge in [-0.05, 0) is 66.8 Å². The van der Waals surface area contributed by atoms with Crippen molar-refractivity contribution in [2.24, 2.45) is 11.8 Å². The zero-order valence-electron chi connectivity index (χ0n) is 23.7. The molecule has 3 aromatic rings. The van der Waals surface area contributed by atoms with Crippen LogP contribution in [0.25, 0.3) is 11.1 Å². The monoisotopic (exact) mass is 578 g/mol. The van der Waals surface area contributed by atoms with Gasteiger partial charge in [-0.1, -0.05) is 42.8 Å². The number of carbonyl (C=O) groups excluding carboxylic acids is 2. The summed E-state index contributed by atoms with van der Waals surface area (Å²) < 4.78 is 39.8. The van der Waals surface area contributed by atoms with Crippen LogP contribution >= 0.6 is 0 Å². The molecule has 0 spiro atoms. The number of piperidine rings is 1. The smallest absolute Gasteiger partial charge is 0.341 e. The lowest BCUT2D eigenvalue weighted by Crippen LogP contribution is -2.41. The molecule has 1 saturated heterocycles. The van der Waals surface area contributed by atoms with E-state index < -0.39 is 17.6 Å². The van der Waals surface area contributed by atoms with Crippen molar-refractivity contribution in [1.29, 1.82) is 0 Å².